The van der Waals surface area contributed by atoms with Crippen molar-refractivity contribution in [2.45, 2.75) is 9.79 Å². The van der Waals surface area contributed by atoms with Gasteiger partial charge in [0.15, 0.2) is 0 Å². The number of nitrogens with zero attached hydrogens (tertiary/aromatic N) is 2. The van der Waals surface area contributed by atoms with E-state index in [4.69, 9.17) is 9.47 Å². The summed E-state index contributed by atoms with van der Waals surface area (Å²) in [5.74, 6) is -0.123. The molecule has 2 aromatic heterocycles. The van der Waals surface area contributed by atoms with Gasteiger partial charge in [-0.25, -0.2) is 19.6 Å². The first-order chi connectivity index (χ1) is 15.2. The van der Waals surface area contributed by atoms with Crippen LogP contribution < -0.4 is 9.47 Å². The number of aromatic nitrogens is 2. The summed E-state index contributed by atoms with van der Waals surface area (Å²) in [4.78, 5) is 34.0. The van der Waals surface area contributed by atoms with Crippen molar-refractivity contribution in [2.75, 3.05) is 0 Å². The maximum Gasteiger partial charge on any atom is 0.362 e. The van der Waals surface area contributed by atoms with Crippen LogP contribution in [-0.2, 0) is 0 Å². The zero-order chi connectivity index (χ0) is 21.5. The monoisotopic (exact) mass is 428 g/mol. The van der Waals surface area contributed by atoms with Crippen LogP contribution in [0.2, 0.25) is 0 Å². The Labute approximate surface area is 182 Å². The standard InChI is InChI=1S/C24H16N2O4S/c27-23(21-5-1-3-15-25-21)29-17-7-11-19(12-8-17)31-20-13-9-18(10-14-20)30-24(28)22-6-2-4-16-26-22/h1-16H. The molecule has 2 aromatic carbocycles. The second-order valence-electron chi connectivity index (χ2n) is 6.25. The average Bonchev–Trinajstić information content (AvgIpc) is 2.82. The van der Waals surface area contributed by atoms with Gasteiger partial charge in [-0.2, -0.15) is 0 Å². The Bertz CT molecular complexity index is 1070. The third-order valence-electron chi connectivity index (χ3n) is 4.05. The Morgan fingerprint density at radius 3 is 1.35 bits per heavy atom. The highest BCUT2D eigenvalue weighted by molar-refractivity contribution is 7.99. The quantitative estimate of drug-likeness (QED) is 0.313. The Kier molecular flexibility index (Phi) is 6.35. The van der Waals surface area contributed by atoms with Crippen molar-refractivity contribution in [3.05, 3.63) is 109 Å². The predicted octanol–water partition coefficient (Wildman–Crippen LogP) is 5.07. The lowest BCUT2D eigenvalue weighted by molar-refractivity contribution is 0.0719. The summed E-state index contributed by atoms with van der Waals surface area (Å²) in [6.45, 7) is 0. The average molecular weight is 428 g/mol. The minimum absolute atomic E-state index is 0.254. The molecule has 0 N–H and O–H groups in total. The van der Waals surface area contributed by atoms with Gasteiger partial charge in [0, 0.05) is 22.2 Å². The van der Waals surface area contributed by atoms with E-state index in [-0.39, 0.29) is 11.4 Å². The maximum atomic E-state index is 12.1. The van der Waals surface area contributed by atoms with E-state index >= 15 is 0 Å². The molecule has 7 heteroatoms. The molecule has 6 nitrogen and oxygen atoms in total. The molecule has 2 heterocycles. The van der Waals surface area contributed by atoms with E-state index in [9.17, 15) is 9.59 Å². The van der Waals surface area contributed by atoms with Gasteiger partial charge in [-0.3, -0.25) is 0 Å². The van der Waals surface area contributed by atoms with Gasteiger partial charge in [0.1, 0.15) is 22.9 Å². The van der Waals surface area contributed by atoms with Crippen molar-refractivity contribution in [3.63, 3.8) is 0 Å². The molecule has 0 unspecified atom stereocenters. The number of benzene rings is 2. The Morgan fingerprint density at radius 2 is 1.00 bits per heavy atom. The lowest BCUT2D eigenvalue weighted by atomic mass is 10.3. The first kappa shape index (κ1) is 20.3. The Morgan fingerprint density at radius 1 is 0.581 bits per heavy atom. The number of carbonyl (C=O) groups is 2. The normalized spacial score (nSPS) is 10.3. The van der Waals surface area contributed by atoms with Gasteiger partial charge in [0.2, 0.25) is 0 Å². The molecule has 152 valence electrons. The zero-order valence-electron chi connectivity index (χ0n) is 16.2. The molecule has 0 amide bonds. The SMILES string of the molecule is O=C(Oc1ccc(Sc2ccc(OC(=O)c3ccccn3)cc2)cc1)c1ccccn1. The molecule has 0 aliphatic rings. The minimum Gasteiger partial charge on any atom is -0.422 e. The highest BCUT2D eigenvalue weighted by Gasteiger charge is 2.11. The fourth-order valence-corrected chi connectivity index (χ4v) is 3.39. The van der Waals surface area contributed by atoms with Crippen LogP contribution in [0.15, 0.2) is 107 Å². The zero-order valence-corrected chi connectivity index (χ0v) is 17.0. The number of pyridine rings is 2. The first-order valence-electron chi connectivity index (χ1n) is 9.32. The summed E-state index contributed by atoms with van der Waals surface area (Å²) in [5, 5.41) is 0. The Balaban J connectivity index is 1.34. The number of rotatable bonds is 6. The summed E-state index contributed by atoms with van der Waals surface area (Å²) in [7, 11) is 0. The fourth-order valence-electron chi connectivity index (χ4n) is 2.57. The van der Waals surface area contributed by atoms with Crippen molar-refractivity contribution in [1.29, 1.82) is 0 Å². The van der Waals surface area contributed by atoms with Crippen molar-refractivity contribution >= 4 is 23.7 Å². The van der Waals surface area contributed by atoms with E-state index in [0.29, 0.717) is 11.5 Å². The molecule has 31 heavy (non-hydrogen) atoms. The van der Waals surface area contributed by atoms with Crippen LogP contribution >= 0.6 is 11.8 Å². The molecular formula is C24H16N2O4S. The molecule has 0 fully saturated rings. The molecule has 0 aliphatic carbocycles. The van der Waals surface area contributed by atoms with Crippen molar-refractivity contribution in [3.8, 4) is 11.5 Å². The summed E-state index contributed by atoms with van der Waals surface area (Å²) < 4.78 is 10.7. The second kappa shape index (κ2) is 9.69. The number of ether oxygens (including phenoxy) is 2. The highest BCUT2D eigenvalue weighted by atomic mass is 32.2. The van der Waals surface area contributed by atoms with Gasteiger partial charge >= 0.3 is 11.9 Å². The maximum absolute atomic E-state index is 12.1. The Hall–Kier alpha value is -3.97. The number of hydrogen-bond acceptors (Lipinski definition) is 7. The largest absolute Gasteiger partial charge is 0.422 e. The van der Waals surface area contributed by atoms with Crippen LogP contribution in [-0.4, -0.2) is 21.9 Å². The van der Waals surface area contributed by atoms with E-state index in [1.165, 1.54) is 11.8 Å². The lowest BCUT2D eigenvalue weighted by Gasteiger charge is -2.07. The third kappa shape index (κ3) is 5.55. The molecule has 0 saturated heterocycles. The fraction of sp³-hybridized carbons (Fsp3) is 0. The lowest BCUT2D eigenvalue weighted by Crippen LogP contribution is -2.10. The van der Waals surface area contributed by atoms with E-state index in [0.717, 1.165) is 9.79 Å². The van der Waals surface area contributed by atoms with Gasteiger partial charge in [0.05, 0.1) is 0 Å². The van der Waals surface area contributed by atoms with E-state index < -0.39 is 11.9 Å². The van der Waals surface area contributed by atoms with E-state index in [1.807, 2.05) is 24.3 Å². The summed E-state index contributed by atoms with van der Waals surface area (Å²) in [6.07, 6.45) is 3.09. The summed E-state index contributed by atoms with van der Waals surface area (Å²) in [6, 6.07) is 24.5. The van der Waals surface area contributed by atoms with Gasteiger partial charge < -0.3 is 9.47 Å². The molecule has 0 saturated carbocycles. The molecule has 0 radical (unpaired) electrons. The smallest absolute Gasteiger partial charge is 0.362 e. The predicted molar refractivity (Wildman–Crippen MR) is 115 cm³/mol. The molecule has 0 spiro atoms. The molecule has 0 bridgehead atoms. The van der Waals surface area contributed by atoms with Crippen molar-refractivity contribution < 1.29 is 19.1 Å². The highest BCUT2D eigenvalue weighted by Crippen LogP contribution is 2.30. The van der Waals surface area contributed by atoms with Gasteiger partial charge in [-0.15, -0.1) is 0 Å². The minimum atomic E-state index is -0.503. The van der Waals surface area contributed by atoms with Gasteiger partial charge in [-0.1, -0.05) is 23.9 Å². The molecular weight excluding hydrogens is 412 g/mol. The van der Waals surface area contributed by atoms with Crippen LogP contribution in [0.3, 0.4) is 0 Å². The molecule has 0 atom stereocenters. The molecule has 0 aliphatic heterocycles. The van der Waals surface area contributed by atoms with Gasteiger partial charge in [-0.05, 0) is 72.8 Å². The van der Waals surface area contributed by atoms with E-state index in [2.05, 4.69) is 9.97 Å². The summed E-state index contributed by atoms with van der Waals surface area (Å²) >= 11 is 1.53. The van der Waals surface area contributed by atoms with E-state index in [1.54, 1.807) is 73.1 Å². The number of carbonyl (C=O) groups excluding carboxylic acids is 2. The topological polar surface area (TPSA) is 78.4 Å². The number of hydrogen-bond donors (Lipinski definition) is 0. The van der Waals surface area contributed by atoms with Gasteiger partial charge in [0.25, 0.3) is 0 Å². The molecule has 4 rings (SSSR count). The second-order valence-corrected chi connectivity index (χ2v) is 7.40. The van der Waals surface area contributed by atoms with Crippen molar-refractivity contribution in [1.82, 2.24) is 9.97 Å². The van der Waals surface area contributed by atoms with Crippen LogP contribution in [0.25, 0.3) is 0 Å². The van der Waals surface area contributed by atoms with Crippen LogP contribution in [0.1, 0.15) is 21.0 Å². The summed E-state index contributed by atoms with van der Waals surface area (Å²) in [5.41, 5.74) is 0.509. The number of esters is 2. The van der Waals surface area contributed by atoms with Crippen LogP contribution in [0.5, 0.6) is 11.5 Å². The molecule has 4 aromatic rings. The van der Waals surface area contributed by atoms with Crippen LogP contribution in [0.4, 0.5) is 0 Å². The first-order valence-corrected chi connectivity index (χ1v) is 10.1. The third-order valence-corrected chi connectivity index (χ3v) is 5.07. The van der Waals surface area contributed by atoms with Crippen molar-refractivity contribution in [2.24, 2.45) is 0 Å². The van der Waals surface area contributed by atoms with Crippen LogP contribution in [0, 0.1) is 0 Å².